The lowest BCUT2D eigenvalue weighted by Gasteiger charge is -2.26. The first-order valence-electron chi connectivity index (χ1n) is 7.61. The van der Waals surface area contributed by atoms with E-state index in [2.05, 4.69) is 12.1 Å². The lowest BCUT2D eigenvalue weighted by Crippen LogP contribution is -2.24. The highest BCUT2D eigenvalue weighted by atomic mass is 16.7. The fourth-order valence-corrected chi connectivity index (χ4v) is 2.48. The SMILES string of the molecule is CCCCCCC1CC(=NOC(=O)c2ccccc2)C1. The second-order valence-corrected chi connectivity index (χ2v) is 5.53. The molecule has 3 nitrogen and oxygen atoms in total. The quantitative estimate of drug-likeness (QED) is 0.414. The lowest BCUT2D eigenvalue weighted by atomic mass is 9.80. The van der Waals surface area contributed by atoms with Crippen LogP contribution in [0.5, 0.6) is 0 Å². The van der Waals surface area contributed by atoms with Crippen molar-refractivity contribution in [2.75, 3.05) is 0 Å². The Hall–Kier alpha value is -1.64. The molecule has 0 aromatic heterocycles. The molecule has 1 aromatic rings. The highest BCUT2D eigenvalue weighted by Gasteiger charge is 2.25. The number of oxime groups is 1. The molecule has 0 spiro atoms. The van der Waals surface area contributed by atoms with Crippen molar-refractivity contribution in [1.82, 2.24) is 0 Å². The molecular formula is C17H23NO2. The standard InChI is InChI=1S/C17H23NO2/c1-2-3-4-6-9-14-12-16(13-14)18-20-17(19)15-10-7-5-8-11-15/h5,7-8,10-11,14H,2-4,6,9,12-13H2,1H3. The zero-order valence-electron chi connectivity index (χ0n) is 12.2. The number of carbonyl (C=O) groups excluding carboxylic acids is 1. The van der Waals surface area contributed by atoms with E-state index in [1.165, 1.54) is 32.1 Å². The van der Waals surface area contributed by atoms with Crippen LogP contribution in [0.1, 0.15) is 62.2 Å². The van der Waals surface area contributed by atoms with Crippen molar-refractivity contribution in [2.45, 2.75) is 51.9 Å². The molecule has 108 valence electrons. The highest BCUT2D eigenvalue weighted by Crippen LogP contribution is 2.29. The molecule has 1 aliphatic carbocycles. The Morgan fingerprint density at radius 2 is 1.95 bits per heavy atom. The van der Waals surface area contributed by atoms with Crippen molar-refractivity contribution >= 4 is 11.7 Å². The molecule has 1 aromatic carbocycles. The molecule has 0 amide bonds. The molecule has 2 rings (SSSR count). The Balaban J connectivity index is 1.64. The molecule has 0 heterocycles. The topological polar surface area (TPSA) is 38.7 Å². The van der Waals surface area contributed by atoms with E-state index in [9.17, 15) is 4.79 Å². The van der Waals surface area contributed by atoms with Gasteiger partial charge >= 0.3 is 5.97 Å². The summed E-state index contributed by atoms with van der Waals surface area (Å²) in [5, 5.41) is 3.97. The predicted molar refractivity (Wildman–Crippen MR) is 80.8 cm³/mol. The van der Waals surface area contributed by atoms with Crippen LogP contribution in [-0.4, -0.2) is 11.7 Å². The summed E-state index contributed by atoms with van der Waals surface area (Å²) in [6.45, 7) is 2.23. The number of benzene rings is 1. The van der Waals surface area contributed by atoms with Gasteiger partial charge in [0.25, 0.3) is 0 Å². The molecule has 0 N–H and O–H groups in total. The van der Waals surface area contributed by atoms with Crippen LogP contribution in [0.2, 0.25) is 0 Å². The first kappa shape index (κ1) is 14.8. The Morgan fingerprint density at radius 3 is 2.65 bits per heavy atom. The minimum Gasteiger partial charge on any atom is -0.313 e. The Labute approximate surface area is 121 Å². The Kier molecular flexibility index (Phi) is 5.78. The first-order valence-corrected chi connectivity index (χ1v) is 7.61. The summed E-state index contributed by atoms with van der Waals surface area (Å²) in [5.41, 5.74) is 1.57. The summed E-state index contributed by atoms with van der Waals surface area (Å²) in [6.07, 6.45) is 8.54. The molecule has 0 atom stereocenters. The van der Waals surface area contributed by atoms with Crippen LogP contribution in [0.3, 0.4) is 0 Å². The van der Waals surface area contributed by atoms with Crippen LogP contribution in [0.15, 0.2) is 35.5 Å². The van der Waals surface area contributed by atoms with Crippen LogP contribution < -0.4 is 0 Å². The van der Waals surface area contributed by atoms with E-state index in [0.29, 0.717) is 5.56 Å². The number of carbonyl (C=O) groups is 1. The second kappa shape index (κ2) is 7.83. The normalized spacial score (nSPS) is 17.4. The smallest absolute Gasteiger partial charge is 0.313 e. The van der Waals surface area contributed by atoms with Gasteiger partial charge in [0.15, 0.2) is 0 Å². The summed E-state index contributed by atoms with van der Waals surface area (Å²) >= 11 is 0. The highest BCUT2D eigenvalue weighted by molar-refractivity contribution is 5.92. The second-order valence-electron chi connectivity index (χ2n) is 5.53. The van der Waals surface area contributed by atoms with E-state index in [-0.39, 0.29) is 5.97 Å². The van der Waals surface area contributed by atoms with E-state index >= 15 is 0 Å². The number of hydrogen-bond acceptors (Lipinski definition) is 3. The molecule has 3 heteroatoms. The molecule has 1 aliphatic rings. The molecular weight excluding hydrogens is 250 g/mol. The molecule has 1 saturated carbocycles. The summed E-state index contributed by atoms with van der Waals surface area (Å²) in [6, 6.07) is 8.98. The summed E-state index contributed by atoms with van der Waals surface area (Å²) in [4.78, 5) is 16.7. The van der Waals surface area contributed by atoms with E-state index in [0.717, 1.165) is 24.5 Å². The molecule has 0 saturated heterocycles. The van der Waals surface area contributed by atoms with Gasteiger partial charge in [0, 0.05) is 0 Å². The minimum atomic E-state index is -0.371. The fourth-order valence-electron chi connectivity index (χ4n) is 2.48. The van der Waals surface area contributed by atoms with Gasteiger partial charge in [0.05, 0.1) is 11.3 Å². The van der Waals surface area contributed by atoms with Crippen LogP contribution in [-0.2, 0) is 4.84 Å². The van der Waals surface area contributed by atoms with Crippen LogP contribution in [0.4, 0.5) is 0 Å². The molecule has 0 bridgehead atoms. The van der Waals surface area contributed by atoms with Crippen LogP contribution in [0.25, 0.3) is 0 Å². The monoisotopic (exact) mass is 273 g/mol. The number of hydrogen-bond donors (Lipinski definition) is 0. The van der Waals surface area contributed by atoms with Gasteiger partial charge in [-0.2, -0.15) is 0 Å². The van der Waals surface area contributed by atoms with Gasteiger partial charge in [-0.3, -0.25) is 0 Å². The van der Waals surface area contributed by atoms with Gasteiger partial charge in [-0.15, -0.1) is 0 Å². The maximum absolute atomic E-state index is 11.7. The Morgan fingerprint density at radius 1 is 1.20 bits per heavy atom. The van der Waals surface area contributed by atoms with Gasteiger partial charge in [-0.25, -0.2) is 4.79 Å². The molecule has 0 aliphatic heterocycles. The third-order valence-electron chi connectivity index (χ3n) is 3.78. The maximum atomic E-state index is 11.7. The predicted octanol–water partition coefficient (Wildman–Crippen LogP) is 4.58. The molecule has 20 heavy (non-hydrogen) atoms. The van der Waals surface area contributed by atoms with Crippen molar-refractivity contribution < 1.29 is 9.63 Å². The van der Waals surface area contributed by atoms with Crippen LogP contribution in [0, 0.1) is 5.92 Å². The fraction of sp³-hybridized carbons (Fsp3) is 0.529. The Bertz CT molecular complexity index is 445. The van der Waals surface area contributed by atoms with Crippen molar-refractivity contribution in [2.24, 2.45) is 11.1 Å². The van der Waals surface area contributed by atoms with Crippen molar-refractivity contribution in [3.63, 3.8) is 0 Å². The van der Waals surface area contributed by atoms with Gasteiger partial charge in [0.1, 0.15) is 0 Å². The van der Waals surface area contributed by atoms with E-state index in [1.807, 2.05) is 18.2 Å². The third kappa shape index (κ3) is 4.48. The maximum Gasteiger partial charge on any atom is 0.365 e. The summed E-state index contributed by atoms with van der Waals surface area (Å²) in [7, 11) is 0. The zero-order valence-corrected chi connectivity index (χ0v) is 12.2. The molecule has 0 unspecified atom stereocenters. The van der Waals surface area contributed by atoms with E-state index < -0.39 is 0 Å². The van der Waals surface area contributed by atoms with Gasteiger partial charge < -0.3 is 4.84 Å². The number of nitrogens with zero attached hydrogens (tertiary/aromatic N) is 1. The summed E-state index contributed by atoms with van der Waals surface area (Å²) in [5.74, 6) is 0.380. The zero-order chi connectivity index (χ0) is 14.2. The average Bonchev–Trinajstić information content (AvgIpc) is 2.45. The third-order valence-corrected chi connectivity index (χ3v) is 3.78. The number of unbranched alkanes of at least 4 members (excludes halogenated alkanes) is 3. The average molecular weight is 273 g/mol. The van der Waals surface area contributed by atoms with Gasteiger partial charge in [-0.05, 0) is 37.3 Å². The molecule has 0 radical (unpaired) electrons. The first-order chi connectivity index (χ1) is 9.79. The van der Waals surface area contributed by atoms with Crippen molar-refractivity contribution in [1.29, 1.82) is 0 Å². The number of rotatable bonds is 7. The van der Waals surface area contributed by atoms with Crippen molar-refractivity contribution in [3.8, 4) is 0 Å². The minimum absolute atomic E-state index is 0.371. The lowest BCUT2D eigenvalue weighted by molar-refractivity contribution is 0.0510. The molecule has 1 fully saturated rings. The van der Waals surface area contributed by atoms with Gasteiger partial charge in [0.2, 0.25) is 0 Å². The van der Waals surface area contributed by atoms with Crippen LogP contribution >= 0.6 is 0 Å². The largest absolute Gasteiger partial charge is 0.365 e. The summed E-state index contributed by atoms with van der Waals surface area (Å²) < 4.78 is 0. The van der Waals surface area contributed by atoms with E-state index in [1.54, 1.807) is 12.1 Å². The van der Waals surface area contributed by atoms with Gasteiger partial charge in [-0.1, -0.05) is 56.0 Å². The van der Waals surface area contributed by atoms with Crippen molar-refractivity contribution in [3.05, 3.63) is 35.9 Å². The van der Waals surface area contributed by atoms with E-state index in [4.69, 9.17) is 4.84 Å².